The minimum atomic E-state index is -3.59. The molecule has 0 atom stereocenters. The summed E-state index contributed by atoms with van der Waals surface area (Å²) in [5.74, 6) is 2.17. The Morgan fingerprint density at radius 1 is 1.17 bits per heavy atom. The second-order valence-corrected chi connectivity index (χ2v) is 8.31. The molecule has 9 nitrogen and oxygen atoms in total. The zero-order valence-electron chi connectivity index (χ0n) is 16.7. The lowest BCUT2D eigenvalue weighted by Gasteiger charge is -2.27. The van der Waals surface area contributed by atoms with Gasteiger partial charge in [-0.1, -0.05) is 0 Å². The molecule has 0 aliphatic carbocycles. The summed E-state index contributed by atoms with van der Waals surface area (Å²) in [5, 5.41) is 3.13. The maximum absolute atomic E-state index is 12.5. The molecule has 158 valence electrons. The summed E-state index contributed by atoms with van der Waals surface area (Å²) in [6, 6.07) is 6.70. The van der Waals surface area contributed by atoms with E-state index in [1.807, 2.05) is 19.9 Å². The third-order valence-corrected chi connectivity index (χ3v) is 5.93. The normalized spacial score (nSPS) is 14.6. The molecule has 0 amide bonds. The number of nitrogens with zero attached hydrogens (tertiary/aromatic N) is 3. The Morgan fingerprint density at radius 3 is 2.69 bits per heavy atom. The van der Waals surface area contributed by atoms with Gasteiger partial charge in [0.15, 0.2) is 0 Å². The van der Waals surface area contributed by atoms with E-state index in [0.29, 0.717) is 37.9 Å². The van der Waals surface area contributed by atoms with Crippen LogP contribution < -0.4 is 19.7 Å². The number of hydrogen-bond donors (Lipinski definition) is 2. The van der Waals surface area contributed by atoms with Crippen LogP contribution in [0.4, 0.5) is 11.6 Å². The van der Waals surface area contributed by atoms with Crippen molar-refractivity contribution in [2.45, 2.75) is 18.7 Å². The Morgan fingerprint density at radius 2 is 1.97 bits per heavy atom. The summed E-state index contributed by atoms with van der Waals surface area (Å²) in [4.78, 5) is 10.8. The van der Waals surface area contributed by atoms with E-state index in [4.69, 9.17) is 9.47 Å². The van der Waals surface area contributed by atoms with Crippen LogP contribution in [-0.4, -0.2) is 64.4 Å². The summed E-state index contributed by atoms with van der Waals surface area (Å²) >= 11 is 0. The average molecular weight is 422 g/mol. The quantitative estimate of drug-likeness (QED) is 0.586. The van der Waals surface area contributed by atoms with Gasteiger partial charge in [-0.2, -0.15) is 0 Å². The van der Waals surface area contributed by atoms with E-state index < -0.39 is 10.0 Å². The Kier molecular flexibility index (Phi) is 7.24. The number of sulfonamides is 1. The second-order valence-electron chi connectivity index (χ2n) is 6.55. The van der Waals surface area contributed by atoms with Crippen LogP contribution >= 0.6 is 0 Å². The lowest BCUT2D eigenvalue weighted by atomic mass is 10.2. The maximum Gasteiger partial charge on any atom is 0.240 e. The van der Waals surface area contributed by atoms with E-state index >= 15 is 0 Å². The molecule has 2 aromatic rings. The molecule has 1 aliphatic heterocycles. The zero-order valence-corrected chi connectivity index (χ0v) is 17.5. The predicted octanol–water partition coefficient (Wildman–Crippen LogP) is 1.41. The molecule has 1 aliphatic rings. The minimum Gasteiger partial charge on any atom is -0.494 e. The SMILES string of the molecule is CCOc1ccc(S(=O)(=O)NCCNc2cc(N3CCOCC3)ncn2)cc1C. The number of hydrogen-bond acceptors (Lipinski definition) is 8. The first-order valence-corrected chi connectivity index (χ1v) is 11.1. The monoisotopic (exact) mass is 421 g/mol. The molecule has 0 spiro atoms. The number of nitrogens with one attached hydrogen (secondary N) is 2. The summed E-state index contributed by atoms with van der Waals surface area (Å²) < 4.78 is 38.4. The highest BCUT2D eigenvalue weighted by Gasteiger charge is 2.15. The third-order valence-electron chi connectivity index (χ3n) is 4.47. The summed E-state index contributed by atoms with van der Waals surface area (Å²) in [6.45, 7) is 7.81. The van der Waals surface area contributed by atoms with Crippen LogP contribution in [0, 0.1) is 6.92 Å². The molecule has 0 unspecified atom stereocenters. The Hall–Kier alpha value is -2.43. The number of morpholine rings is 1. The van der Waals surface area contributed by atoms with Gasteiger partial charge in [-0.05, 0) is 37.6 Å². The van der Waals surface area contributed by atoms with E-state index in [9.17, 15) is 8.42 Å². The van der Waals surface area contributed by atoms with Gasteiger partial charge in [0.1, 0.15) is 23.7 Å². The summed E-state index contributed by atoms with van der Waals surface area (Å²) in [5.41, 5.74) is 0.782. The van der Waals surface area contributed by atoms with Gasteiger partial charge < -0.3 is 19.7 Å². The number of aromatic nitrogens is 2. The fourth-order valence-electron chi connectivity index (χ4n) is 2.97. The molecule has 0 bridgehead atoms. The maximum atomic E-state index is 12.5. The summed E-state index contributed by atoms with van der Waals surface area (Å²) in [7, 11) is -3.59. The number of rotatable bonds is 9. The predicted molar refractivity (Wildman–Crippen MR) is 111 cm³/mol. The van der Waals surface area contributed by atoms with E-state index in [2.05, 4.69) is 24.9 Å². The Labute approximate surface area is 171 Å². The molecule has 1 saturated heterocycles. The molecule has 3 rings (SSSR count). The van der Waals surface area contributed by atoms with Crippen molar-refractivity contribution >= 4 is 21.7 Å². The van der Waals surface area contributed by atoms with Crippen LogP contribution in [0.25, 0.3) is 0 Å². The first-order valence-electron chi connectivity index (χ1n) is 9.61. The van der Waals surface area contributed by atoms with Crippen LogP contribution in [0.1, 0.15) is 12.5 Å². The number of benzene rings is 1. The van der Waals surface area contributed by atoms with E-state index in [0.717, 1.165) is 24.5 Å². The highest BCUT2D eigenvalue weighted by Crippen LogP contribution is 2.21. The third kappa shape index (κ3) is 5.78. The molecule has 29 heavy (non-hydrogen) atoms. The van der Waals surface area contributed by atoms with Crippen molar-refractivity contribution in [3.63, 3.8) is 0 Å². The number of aryl methyl sites for hydroxylation is 1. The van der Waals surface area contributed by atoms with Gasteiger partial charge in [0.05, 0.1) is 24.7 Å². The van der Waals surface area contributed by atoms with Gasteiger partial charge in [-0.15, -0.1) is 0 Å². The molecule has 10 heteroatoms. The molecular weight excluding hydrogens is 394 g/mol. The highest BCUT2D eigenvalue weighted by molar-refractivity contribution is 7.89. The van der Waals surface area contributed by atoms with Gasteiger partial charge >= 0.3 is 0 Å². The van der Waals surface area contributed by atoms with E-state index in [1.165, 1.54) is 6.33 Å². The van der Waals surface area contributed by atoms with Crippen molar-refractivity contribution in [1.82, 2.24) is 14.7 Å². The van der Waals surface area contributed by atoms with Gasteiger partial charge in [-0.3, -0.25) is 0 Å². The first-order chi connectivity index (χ1) is 14.0. The van der Waals surface area contributed by atoms with Gasteiger partial charge in [0.25, 0.3) is 0 Å². The van der Waals surface area contributed by atoms with E-state index in [-0.39, 0.29) is 11.4 Å². The van der Waals surface area contributed by atoms with Crippen LogP contribution in [0.5, 0.6) is 5.75 Å². The number of anilines is 2. The van der Waals surface area contributed by atoms with Crippen molar-refractivity contribution in [3.8, 4) is 5.75 Å². The van der Waals surface area contributed by atoms with Crippen LogP contribution in [-0.2, 0) is 14.8 Å². The molecule has 1 aromatic carbocycles. The fraction of sp³-hybridized carbons (Fsp3) is 0.474. The van der Waals surface area contributed by atoms with E-state index in [1.54, 1.807) is 18.2 Å². The van der Waals surface area contributed by atoms with Crippen LogP contribution in [0.15, 0.2) is 35.5 Å². The molecule has 0 saturated carbocycles. The first kappa shape index (κ1) is 21.3. The zero-order chi connectivity index (χ0) is 20.7. The van der Waals surface area contributed by atoms with Gasteiger partial charge in [0, 0.05) is 32.2 Å². The number of ether oxygens (including phenoxy) is 2. The lowest BCUT2D eigenvalue weighted by molar-refractivity contribution is 0.122. The Balaban J connectivity index is 1.52. The van der Waals surface area contributed by atoms with Gasteiger partial charge in [-0.25, -0.2) is 23.1 Å². The molecule has 2 heterocycles. The van der Waals surface area contributed by atoms with Crippen LogP contribution in [0.2, 0.25) is 0 Å². The molecule has 2 N–H and O–H groups in total. The van der Waals surface area contributed by atoms with Crippen molar-refractivity contribution in [3.05, 3.63) is 36.2 Å². The lowest BCUT2D eigenvalue weighted by Crippen LogP contribution is -2.36. The van der Waals surface area contributed by atoms with Crippen molar-refractivity contribution in [1.29, 1.82) is 0 Å². The average Bonchev–Trinajstić information content (AvgIpc) is 2.74. The topological polar surface area (TPSA) is 106 Å². The van der Waals surface area contributed by atoms with Gasteiger partial charge in [0.2, 0.25) is 10.0 Å². The van der Waals surface area contributed by atoms with Crippen molar-refractivity contribution in [2.24, 2.45) is 0 Å². The largest absolute Gasteiger partial charge is 0.494 e. The molecule has 1 aromatic heterocycles. The smallest absolute Gasteiger partial charge is 0.240 e. The summed E-state index contributed by atoms with van der Waals surface area (Å²) in [6.07, 6.45) is 1.50. The van der Waals surface area contributed by atoms with Crippen LogP contribution in [0.3, 0.4) is 0 Å². The molecular formula is C19H27N5O4S. The molecule has 0 radical (unpaired) electrons. The minimum absolute atomic E-state index is 0.218. The fourth-order valence-corrected chi connectivity index (χ4v) is 4.09. The molecule has 1 fully saturated rings. The van der Waals surface area contributed by atoms with Crippen molar-refractivity contribution in [2.75, 3.05) is 56.2 Å². The highest BCUT2D eigenvalue weighted by atomic mass is 32.2. The van der Waals surface area contributed by atoms with Crippen molar-refractivity contribution < 1.29 is 17.9 Å². The Bertz CT molecular complexity index is 917. The second kappa shape index (κ2) is 9.86. The standard InChI is InChI=1S/C19H27N5O4S/c1-3-28-17-5-4-16(12-15(17)2)29(25,26)23-7-6-20-18-13-19(22-14-21-18)24-8-10-27-11-9-24/h4-5,12-14,23H,3,6-11H2,1-2H3,(H,20,21,22).